The van der Waals surface area contributed by atoms with E-state index in [-0.39, 0.29) is 11.7 Å². The second-order valence-electron chi connectivity index (χ2n) is 5.82. The lowest BCUT2D eigenvalue weighted by Crippen LogP contribution is -2.13. The summed E-state index contributed by atoms with van der Waals surface area (Å²) in [4.78, 5) is 11.4. The largest absolute Gasteiger partial charge is 0.388 e. The molecular formula is C19H17ClN2O3S. The summed E-state index contributed by atoms with van der Waals surface area (Å²) in [6.45, 7) is 0. The molecule has 0 radical (unpaired) electrons. The van der Waals surface area contributed by atoms with Crippen molar-refractivity contribution < 1.29 is 10.0 Å². The molecule has 0 amide bonds. The third-order valence-corrected chi connectivity index (χ3v) is 5.26. The van der Waals surface area contributed by atoms with Crippen LogP contribution in [0, 0.1) is 10.1 Å². The molecule has 0 saturated carbocycles. The molecule has 134 valence electrons. The lowest BCUT2D eigenvalue weighted by molar-refractivity contribution is -0.384. The molecule has 0 bridgehead atoms. The van der Waals surface area contributed by atoms with Gasteiger partial charge in [0.05, 0.1) is 17.1 Å². The molecule has 0 aliphatic heterocycles. The average molecular weight is 389 g/mol. The van der Waals surface area contributed by atoms with Crippen molar-refractivity contribution in [2.75, 3.05) is 5.32 Å². The molecule has 0 spiro atoms. The minimum absolute atomic E-state index is 0.00930. The van der Waals surface area contributed by atoms with Crippen molar-refractivity contribution in [1.29, 1.82) is 0 Å². The van der Waals surface area contributed by atoms with Gasteiger partial charge >= 0.3 is 0 Å². The van der Waals surface area contributed by atoms with Crippen LogP contribution in [0.1, 0.15) is 29.0 Å². The van der Waals surface area contributed by atoms with Crippen LogP contribution in [0.5, 0.6) is 0 Å². The Morgan fingerprint density at radius 2 is 1.81 bits per heavy atom. The number of anilines is 1. The van der Waals surface area contributed by atoms with E-state index in [0.29, 0.717) is 17.0 Å². The van der Waals surface area contributed by atoms with E-state index >= 15 is 0 Å². The van der Waals surface area contributed by atoms with Crippen LogP contribution >= 0.6 is 22.9 Å². The minimum atomic E-state index is -0.747. The topological polar surface area (TPSA) is 75.4 Å². The van der Waals surface area contributed by atoms with Crippen molar-refractivity contribution in [3.63, 3.8) is 0 Å². The Bertz CT molecular complexity index is 852. The van der Waals surface area contributed by atoms with Crippen LogP contribution in [0.3, 0.4) is 0 Å². The van der Waals surface area contributed by atoms with Gasteiger partial charge in [0.15, 0.2) is 0 Å². The molecule has 1 heterocycles. The monoisotopic (exact) mass is 388 g/mol. The summed E-state index contributed by atoms with van der Waals surface area (Å²) >= 11 is 7.54. The summed E-state index contributed by atoms with van der Waals surface area (Å²) in [5.74, 6) is 0. The Morgan fingerprint density at radius 3 is 2.38 bits per heavy atom. The smallest absolute Gasteiger partial charge is 0.269 e. The van der Waals surface area contributed by atoms with Gasteiger partial charge in [0.25, 0.3) is 5.69 Å². The summed E-state index contributed by atoms with van der Waals surface area (Å²) in [7, 11) is 0. The highest BCUT2D eigenvalue weighted by molar-refractivity contribution is 7.10. The van der Waals surface area contributed by atoms with Crippen LogP contribution in [0.15, 0.2) is 66.0 Å². The van der Waals surface area contributed by atoms with Crippen molar-refractivity contribution in [1.82, 2.24) is 0 Å². The molecule has 5 nitrogen and oxygen atoms in total. The molecule has 2 aromatic carbocycles. The maximum atomic E-state index is 10.8. The zero-order valence-corrected chi connectivity index (χ0v) is 15.3. The molecule has 2 unspecified atom stereocenters. The number of rotatable bonds is 7. The number of nitro benzene ring substituents is 1. The lowest BCUT2D eigenvalue weighted by Gasteiger charge is -2.22. The van der Waals surface area contributed by atoms with Gasteiger partial charge in [0.2, 0.25) is 0 Å². The van der Waals surface area contributed by atoms with Crippen molar-refractivity contribution in [2.24, 2.45) is 0 Å². The van der Waals surface area contributed by atoms with Gasteiger partial charge in [0.1, 0.15) is 0 Å². The number of non-ortho nitro benzene ring substituents is 1. The highest BCUT2D eigenvalue weighted by Gasteiger charge is 2.19. The molecular weight excluding hydrogens is 372 g/mol. The van der Waals surface area contributed by atoms with Gasteiger partial charge in [-0.2, -0.15) is 0 Å². The zero-order chi connectivity index (χ0) is 18.5. The summed E-state index contributed by atoms with van der Waals surface area (Å²) in [5, 5.41) is 27.5. The van der Waals surface area contributed by atoms with Gasteiger partial charge in [-0.1, -0.05) is 17.7 Å². The van der Waals surface area contributed by atoms with Crippen LogP contribution in [0.2, 0.25) is 5.02 Å². The predicted octanol–water partition coefficient (Wildman–Crippen LogP) is 5.59. The maximum Gasteiger partial charge on any atom is 0.269 e. The first-order valence-corrected chi connectivity index (χ1v) is 9.26. The van der Waals surface area contributed by atoms with Crippen molar-refractivity contribution in [2.45, 2.75) is 18.6 Å². The second-order valence-corrected chi connectivity index (χ2v) is 7.24. The fourth-order valence-corrected chi connectivity index (χ4v) is 3.58. The number of halogens is 1. The number of nitrogens with zero attached hydrogens (tertiary/aromatic N) is 1. The van der Waals surface area contributed by atoms with E-state index < -0.39 is 11.0 Å². The fourth-order valence-electron chi connectivity index (χ4n) is 2.66. The molecule has 7 heteroatoms. The molecule has 1 aromatic heterocycles. The van der Waals surface area contributed by atoms with Crippen molar-refractivity contribution >= 4 is 34.3 Å². The van der Waals surface area contributed by atoms with Crippen LogP contribution < -0.4 is 5.32 Å². The molecule has 0 saturated heterocycles. The predicted molar refractivity (Wildman–Crippen MR) is 105 cm³/mol. The number of nitrogens with one attached hydrogen (secondary N) is 1. The molecule has 0 aliphatic rings. The Labute approximate surface area is 160 Å². The average Bonchev–Trinajstić information content (AvgIpc) is 3.17. The van der Waals surface area contributed by atoms with Crippen molar-refractivity contribution in [3.8, 4) is 0 Å². The first-order chi connectivity index (χ1) is 12.5. The third kappa shape index (κ3) is 4.60. The number of hydrogen-bond donors (Lipinski definition) is 2. The highest BCUT2D eigenvalue weighted by atomic mass is 35.5. The van der Waals surface area contributed by atoms with E-state index in [4.69, 9.17) is 11.6 Å². The number of thiophene rings is 1. The van der Waals surface area contributed by atoms with E-state index in [1.165, 1.54) is 12.1 Å². The molecule has 0 fully saturated rings. The first-order valence-electron chi connectivity index (χ1n) is 8.01. The van der Waals surface area contributed by atoms with E-state index in [2.05, 4.69) is 5.32 Å². The summed E-state index contributed by atoms with van der Waals surface area (Å²) in [6.07, 6.45) is -0.316. The number of nitro groups is 1. The van der Waals surface area contributed by atoms with Gasteiger partial charge < -0.3 is 10.4 Å². The normalized spacial score (nSPS) is 13.2. The Morgan fingerprint density at radius 1 is 1.12 bits per heavy atom. The molecule has 0 aliphatic carbocycles. The minimum Gasteiger partial charge on any atom is -0.388 e. The van der Waals surface area contributed by atoms with Crippen LogP contribution in [-0.4, -0.2) is 10.0 Å². The number of benzene rings is 2. The molecule has 26 heavy (non-hydrogen) atoms. The van der Waals surface area contributed by atoms with E-state index in [1.807, 2.05) is 41.8 Å². The number of aliphatic hydroxyl groups excluding tert-OH is 1. The Kier molecular flexibility index (Phi) is 5.88. The summed E-state index contributed by atoms with van der Waals surface area (Å²) < 4.78 is 0. The SMILES string of the molecule is O=[N+]([O-])c1ccc(C(O)CC(Nc2ccc(Cl)cc2)c2cccs2)cc1. The number of hydrogen-bond acceptors (Lipinski definition) is 5. The first kappa shape index (κ1) is 18.4. The molecule has 2 N–H and O–H groups in total. The summed E-state index contributed by atoms with van der Waals surface area (Å²) in [6, 6.07) is 17.3. The van der Waals surface area contributed by atoms with Crippen LogP contribution in [0.25, 0.3) is 0 Å². The molecule has 2 atom stereocenters. The molecule has 3 rings (SSSR count). The van der Waals surface area contributed by atoms with Gasteiger partial charge in [-0.05, 0) is 53.4 Å². The second kappa shape index (κ2) is 8.31. The zero-order valence-electron chi connectivity index (χ0n) is 13.7. The Balaban J connectivity index is 1.76. The van der Waals surface area contributed by atoms with Gasteiger partial charge in [-0.3, -0.25) is 10.1 Å². The standard InChI is InChI=1S/C19H17ClN2O3S/c20-14-5-7-15(8-6-14)21-17(19-2-1-11-26-19)12-18(23)13-3-9-16(10-4-13)22(24)25/h1-11,17-18,21,23H,12H2. The highest BCUT2D eigenvalue weighted by Crippen LogP contribution is 2.32. The Hall–Kier alpha value is -2.41. The summed E-state index contributed by atoms with van der Waals surface area (Å²) in [5.41, 5.74) is 1.56. The van der Waals surface area contributed by atoms with E-state index in [1.54, 1.807) is 23.5 Å². The third-order valence-electron chi connectivity index (χ3n) is 4.02. The van der Waals surface area contributed by atoms with Gasteiger partial charge in [-0.25, -0.2) is 0 Å². The molecule has 3 aromatic rings. The fraction of sp³-hybridized carbons (Fsp3) is 0.158. The van der Waals surface area contributed by atoms with Crippen molar-refractivity contribution in [3.05, 3.63) is 91.6 Å². The van der Waals surface area contributed by atoms with Gasteiger partial charge in [-0.15, -0.1) is 11.3 Å². The maximum absolute atomic E-state index is 10.8. The van der Waals surface area contributed by atoms with Crippen LogP contribution in [-0.2, 0) is 0 Å². The number of aliphatic hydroxyl groups is 1. The van der Waals surface area contributed by atoms with E-state index in [0.717, 1.165) is 10.6 Å². The van der Waals surface area contributed by atoms with Gasteiger partial charge in [0, 0.05) is 34.1 Å². The lowest BCUT2D eigenvalue weighted by atomic mass is 10.0. The quantitative estimate of drug-likeness (QED) is 0.408. The van der Waals surface area contributed by atoms with Crippen LogP contribution in [0.4, 0.5) is 11.4 Å². The van der Waals surface area contributed by atoms with E-state index in [9.17, 15) is 15.2 Å².